The van der Waals surface area contributed by atoms with Gasteiger partial charge in [-0.2, -0.15) is 0 Å². The van der Waals surface area contributed by atoms with Crippen molar-refractivity contribution in [3.8, 4) is 5.88 Å². The second kappa shape index (κ2) is 5.60. The molecule has 0 atom stereocenters. The van der Waals surface area contributed by atoms with E-state index in [0.29, 0.717) is 11.4 Å². The Labute approximate surface area is 98.5 Å². The van der Waals surface area contributed by atoms with E-state index < -0.39 is 21.7 Å². The fraction of sp³-hybridized carbons (Fsp3) is 0.333. The summed E-state index contributed by atoms with van der Waals surface area (Å²) in [5.41, 5.74) is 0.531. The summed E-state index contributed by atoms with van der Waals surface area (Å²) in [5, 5.41) is 8.39. The van der Waals surface area contributed by atoms with Crippen molar-refractivity contribution in [2.75, 3.05) is 12.9 Å². The van der Waals surface area contributed by atoms with E-state index in [-0.39, 0.29) is 6.54 Å². The van der Waals surface area contributed by atoms with Gasteiger partial charge in [-0.25, -0.2) is 18.1 Å². The highest BCUT2D eigenvalue weighted by atomic mass is 32.2. The van der Waals surface area contributed by atoms with Gasteiger partial charge in [-0.05, 0) is 6.07 Å². The summed E-state index contributed by atoms with van der Waals surface area (Å²) in [6.45, 7) is -0.0629. The third-order valence-electron chi connectivity index (χ3n) is 1.84. The van der Waals surface area contributed by atoms with Crippen LogP contribution in [0.5, 0.6) is 5.88 Å². The third-order valence-corrected chi connectivity index (χ3v) is 3.05. The molecule has 0 aromatic carbocycles. The van der Waals surface area contributed by atoms with Crippen LogP contribution in [0.4, 0.5) is 0 Å². The minimum Gasteiger partial charge on any atom is -0.481 e. The van der Waals surface area contributed by atoms with Crippen LogP contribution in [0.25, 0.3) is 0 Å². The molecular formula is C9H12N2O5S. The summed E-state index contributed by atoms with van der Waals surface area (Å²) in [6, 6.07) is 3.26. The van der Waals surface area contributed by atoms with E-state index in [1.165, 1.54) is 13.3 Å². The summed E-state index contributed by atoms with van der Waals surface area (Å²) in [7, 11) is -2.42. The smallest absolute Gasteiger partial charge is 0.320 e. The number of nitrogens with zero attached hydrogens (tertiary/aromatic N) is 1. The molecule has 1 rings (SSSR count). The van der Waals surface area contributed by atoms with E-state index in [0.717, 1.165) is 0 Å². The highest BCUT2D eigenvalue weighted by Crippen LogP contribution is 2.13. The highest BCUT2D eigenvalue weighted by molar-refractivity contribution is 7.90. The summed E-state index contributed by atoms with van der Waals surface area (Å²) in [6.07, 6.45) is 1.51. The summed E-state index contributed by atoms with van der Waals surface area (Å²) in [5.74, 6) is -2.07. The number of pyridine rings is 1. The molecule has 0 fully saturated rings. The first kappa shape index (κ1) is 13.4. The summed E-state index contributed by atoms with van der Waals surface area (Å²) >= 11 is 0. The molecule has 0 saturated heterocycles. The van der Waals surface area contributed by atoms with Gasteiger partial charge >= 0.3 is 5.97 Å². The Morgan fingerprint density at radius 2 is 2.29 bits per heavy atom. The number of rotatable bonds is 6. The molecule has 0 aliphatic rings. The Kier molecular flexibility index (Phi) is 4.41. The number of hydrogen-bond acceptors (Lipinski definition) is 5. The first-order valence-corrected chi connectivity index (χ1v) is 6.27. The first-order chi connectivity index (χ1) is 7.94. The van der Waals surface area contributed by atoms with Crippen molar-refractivity contribution in [3.05, 3.63) is 23.9 Å². The largest absolute Gasteiger partial charge is 0.481 e. The molecule has 0 aliphatic carbocycles. The van der Waals surface area contributed by atoms with Crippen LogP contribution in [0.3, 0.4) is 0 Å². The van der Waals surface area contributed by atoms with Gasteiger partial charge in [0.15, 0.2) is 5.75 Å². The van der Waals surface area contributed by atoms with Crippen LogP contribution in [0.2, 0.25) is 0 Å². The van der Waals surface area contributed by atoms with Gasteiger partial charge in [-0.15, -0.1) is 0 Å². The molecule has 1 heterocycles. The zero-order valence-corrected chi connectivity index (χ0v) is 9.90. The molecule has 1 aromatic rings. The average molecular weight is 260 g/mol. The van der Waals surface area contributed by atoms with E-state index in [1.54, 1.807) is 12.1 Å². The van der Waals surface area contributed by atoms with Crippen molar-refractivity contribution in [2.45, 2.75) is 6.54 Å². The van der Waals surface area contributed by atoms with Gasteiger partial charge in [0.05, 0.1) is 7.11 Å². The lowest BCUT2D eigenvalue weighted by molar-refractivity contribution is -0.134. The van der Waals surface area contributed by atoms with Crippen LogP contribution in [-0.4, -0.2) is 37.3 Å². The lowest BCUT2D eigenvalue weighted by atomic mass is 10.3. The van der Waals surface area contributed by atoms with Gasteiger partial charge in [0.1, 0.15) is 0 Å². The number of methoxy groups -OCH3 is 1. The van der Waals surface area contributed by atoms with E-state index in [1.807, 2.05) is 0 Å². The molecule has 17 heavy (non-hydrogen) atoms. The Morgan fingerprint density at radius 3 is 2.88 bits per heavy atom. The number of carboxylic acids is 1. The SMILES string of the molecule is COc1ncccc1CNS(=O)(=O)CC(=O)O. The lowest BCUT2D eigenvalue weighted by Crippen LogP contribution is -2.29. The minimum atomic E-state index is -3.84. The number of nitrogens with one attached hydrogen (secondary N) is 1. The third kappa shape index (κ3) is 4.37. The van der Waals surface area contributed by atoms with Crippen molar-refractivity contribution in [3.63, 3.8) is 0 Å². The molecule has 0 amide bonds. The molecule has 94 valence electrons. The molecule has 0 unspecified atom stereocenters. The van der Waals surface area contributed by atoms with Gasteiger partial charge in [0, 0.05) is 18.3 Å². The molecule has 7 nitrogen and oxygen atoms in total. The fourth-order valence-corrected chi connectivity index (χ4v) is 1.95. The number of aliphatic carboxylic acids is 1. The van der Waals surface area contributed by atoms with Crippen LogP contribution < -0.4 is 9.46 Å². The van der Waals surface area contributed by atoms with E-state index in [9.17, 15) is 13.2 Å². The van der Waals surface area contributed by atoms with Gasteiger partial charge < -0.3 is 9.84 Å². The molecule has 8 heteroatoms. The zero-order chi connectivity index (χ0) is 12.9. The van der Waals surface area contributed by atoms with E-state index in [2.05, 4.69) is 9.71 Å². The summed E-state index contributed by atoms with van der Waals surface area (Å²) in [4.78, 5) is 14.2. The molecule has 0 bridgehead atoms. The van der Waals surface area contributed by atoms with Crippen molar-refractivity contribution < 1.29 is 23.1 Å². The minimum absolute atomic E-state index is 0.0629. The van der Waals surface area contributed by atoms with Gasteiger partial charge in [0.25, 0.3) is 0 Å². The predicted octanol–water partition coefficient (Wildman–Crippen LogP) is -0.406. The number of ether oxygens (including phenoxy) is 1. The normalized spacial score (nSPS) is 11.1. The quantitative estimate of drug-likeness (QED) is 0.720. The van der Waals surface area contributed by atoms with Crippen molar-refractivity contribution >= 4 is 16.0 Å². The van der Waals surface area contributed by atoms with Gasteiger partial charge in [0.2, 0.25) is 15.9 Å². The number of sulfonamides is 1. The second-order valence-electron chi connectivity index (χ2n) is 3.15. The number of hydrogen-bond donors (Lipinski definition) is 2. The molecule has 0 radical (unpaired) electrons. The Morgan fingerprint density at radius 1 is 1.59 bits per heavy atom. The second-order valence-corrected chi connectivity index (χ2v) is 4.95. The Hall–Kier alpha value is -1.67. The Bertz CT molecular complexity index is 500. The summed E-state index contributed by atoms with van der Waals surface area (Å²) < 4.78 is 29.6. The fourth-order valence-electron chi connectivity index (χ4n) is 1.14. The number of carboxylic acid groups (broad SMARTS) is 1. The number of aromatic nitrogens is 1. The van der Waals surface area contributed by atoms with Gasteiger partial charge in [-0.3, -0.25) is 4.79 Å². The molecule has 2 N–H and O–H groups in total. The lowest BCUT2D eigenvalue weighted by Gasteiger charge is -2.07. The van der Waals surface area contributed by atoms with Crippen LogP contribution >= 0.6 is 0 Å². The van der Waals surface area contributed by atoms with Crippen molar-refractivity contribution in [1.29, 1.82) is 0 Å². The first-order valence-electron chi connectivity index (χ1n) is 4.61. The van der Waals surface area contributed by atoms with Crippen LogP contribution in [-0.2, 0) is 21.4 Å². The Balaban J connectivity index is 2.70. The van der Waals surface area contributed by atoms with Crippen LogP contribution in [0, 0.1) is 0 Å². The maximum atomic E-state index is 11.3. The topological polar surface area (TPSA) is 106 Å². The van der Waals surface area contributed by atoms with Crippen LogP contribution in [0.15, 0.2) is 18.3 Å². The highest BCUT2D eigenvalue weighted by Gasteiger charge is 2.16. The monoisotopic (exact) mass is 260 g/mol. The maximum Gasteiger partial charge on any atom is 0.320 e. The maximum absolute atomic E-state index is 11.3. The molecular weight excluding hydrogens is 248 g/mol. The molecule has 0 aliphatic heterocycles. The van der Waals surface area contributed by atoms with Crippen molar-refractivity contribution in [1.82, 2.24) is 9.71 Å². The van der Waals surface area contributed by atoms with E-state index in [4.69, 9.17) is 9.84 Å². The van der Waals surface area contributed by atoms with E-state index >= 15 is 0 Å². The molecule has 0 saturated carbocycles. The average Bonchev–Trinajstić information content (AvgIpc) is 2.25. The van der Waals surface area contributed by atoms with Gasteiger partial charge in [-0.1, -0.05) is 6.07 Å². The zero-order valence-electron chi connectivity index (χ0n) is 9.08. The predicted molar refractivity (Wildman–Crippen MR) is 59.1 cm³/mol. The molecule has 0 spiro atoms. The van der Waals surface area contributed by atoms with Crippen LogP contribution in [0.1, 0.15) is 5.56 Å². The number of carbonyl (C=O) groups is 1. The van der Waals surface area contributed by atoms with Crippen molar-refractivity contribution in [2.24, 2.45) is 0 Å². The molecule has 1 aromatic heterocycles. The standard InChI is InChI=1S/C9H12N2O5S/c1-16-9-7(3-2-4-10-9)5-11-17(14,15)6-8(12)13/h2-4,11H,5-6H2,1H3,(H,12,13).